The molecule has 4 nitrogen and oxygen atoms in total. The SMILES string of the molecule is CC(C)(C)C1[C@H]2CN(C(=O)O)CCc3ccc(Cl)c(c32)N1C1CC1. The predicted octanol–water partition coefficient (Wildman–Crippen LogP) is 4.36. The lowest BCUT2D eigenvalue weighted by molar-refractivity contribution is 0.138. The molecule has 1 amide bonds. The molecule has 1 unspecified atom stereocenters. The van der Waals surface area contributed by atoms with Crippen molar-refractivity contribution in [2.45, 2.75) is 58.0 Å². The van der Waals surface area contributed by atoms with Gasteiger partial charge < -0.3 is 14.9 Å². The highest BCUT2D eigenvalue weighted by Crippen LogP contribution is 2.55. The maximum Gasteiger partial charge on any atom is 0.407 e. The van der Waals surface area contributed by atoms with Gasteiger partial charge in [0, 0.05) is 31.1 Å². The molecule has 1 N–H and O–H groups in total. The topological polar surface area (TPSA) is 43.8 Å². The van der Waals surface area contributed by atoms with Crippen LogP contribution in [0.15, 0.2) is 12.1 Å². The van der Waals surface area contributed by atoms with E-state index < -0.39 is 6.09 Å². The third kappa shape index (κ3) is 2.38. The van der Waals surface area contributed by atoms with Crippen LogP contribution in [-0.2, 0) is 6.42 Å². The quantitative estimate of drug-likeness (QED) is 0.820. The summed E-state index contributed by atoms with van der Waals surface area (Å²) in [6.45, 7) is 7.94. The van der Waals surface area contributed by atoms with Crippen LogP contribution < -0.4 is 4.90 Å². The first-order valence-corrected chi connectivity index (χ1v) is 9.24. The monoisotopic (exact) mass is 348 g/mol. The second-order valence-corrected chi connectivity index (χ2v) is 8.91. The van der Waals surface area contributed by atoms with E-state index in [9.17, 15) is 9.90 Å². The molecule has 24 heavy (non-hydrogen) atoms. The Morgan fingerprint density at radius 2 is 2.00 bits per heavy atom. The Morgan fingerprint density at radius 1 is 1.29 bits per heavy atom. The Balaban J connectivity index is 1.90. The van der Waals surface area contributed by atoms with Gasteiger partial charge in [0.25, 0.3) is 0 Å². The Kier molecular flexibility index (Phi) is 3.54. The summed E-state index contributed by atoms with van der Waals surface area (Å²) in [5.74, 6) is 0.202. The normalized spacial score (nSPS) is 26.3. The third-order valence-electron chi connectivity index (χ3n) is 5.73. The van der Waals surface area contributed by atoms with Crippen molar-refractivity contribution in [3.63, 3.8) is 0 Å². The first-order chi connectivity index (χ1) is 11.3. The number of anilines is 1. The summed E-state index contributed by atoms with van der Waals surface area (Å²) in [7, 11) is 0. The molecule has 4 rings (SSSR count). The lowest BCUT2D eigenvalue weighted by Crippen LogP contribution is -2.48. The second kappa shape index (κ2) is 5.29. The van der Waals surface area contributed by atoms with E-state index in [1.54, 1.807) is 4.90 Å². The molecule has 0 radical (unpaired) electrons. The van der Waals surface area contributed by atoms with E-state index in [4.69, 9.17) is 11.6 Å². The van der Waals surface area contributed by atoms with Gasteiger partial charge in [0.1, 0.15) is 0 Å². The summed E-state index contributed by atoms with van der Waals surface area (Å²) < 4.78 is 0. The average molecular weight is 349 g/mol. The van der Waals surface area contributed by atoms with Crippen LogP contribution in [0.25, 0.3) is 0 Å². The smallest absolute Gasteiger partial charge is 0.407 e. The number of carbonyl (C=O) groups is 1. The maximum atomic E-state index is 11.7. The lowest BCUT2D eigenvalue weighted by Gasteiger charge is -2.41. The van der Waals surface area contributed by atoms with E-state index in [1.165, 1.54) is 29.7 Å². The third-order valence-corrected chi connectivity index (χ3v) is 6.04. The van der Waals surface area contributed by atoms with Crippen LogP contribution in [0.4, 0.5) is 10.5 Å². The van der Waals surface area contributed by atoms with Gasteiger partial charge in [0.2, 0.25) is 0 Å². The zero-order valence-corrected chi connectivity index (χ0v) is 15.3. The van der Waals surface area contributed by atoms with Crippen molar-refractivity contribution in [3.05, 3.63) is 28.3 Å². The Morgan fingerprint density at radius 3 is 2.58 bits per heavy atom. The summed E-state index contributed by atoms with van der Waals surface area (Å²) in [6.07, 6.45) is 2.38. The minimum atomic E-state index is -0.812. The van der Waals surface area contributed by atoms with E-state index in [2.05, 4.69) is 31.7 Å². The number of carboxylic acid groups (broad SMARTS) is 1. The number of halogens is 1. The van der Waals surface area contributed by atoms with Crippen molar-refractivity contribution in [1.82, 2.24) is 4.90 Å². The fourth-order valence-electron chi connectivity index (χ4n) is 4.74. The summed E-state index contributed by atoms with van der Waals surface area (Å²) in [4.78, 5) is 15.8. The first-order valence-electron chi connectivity index (χ1n) is 8.86. The molecule has 2 heterocycles. The highest BCUT2D eigenvalue weighted by Gasteiger charge is 2.52. The van der Waals surface area contributed by atoms with Crippen molar-refractivity contribution in [2.75, 3.05) is 18.0 Å². The minimum Gasteiger partial charge on any atom is -0.465 e. The summed E-state index contributed by atoms with van der Waals surface area (Å²) in [6, 6.07) is 4.96. The van der Waals surface area contributed by atoms with Gasteiger partial charge in [-0.2, -0.15) is 0 Å². The Hall–Kier alpha value is -1.42. The fraction of sp³-hybridized carbons (Fsp3) is 0.632. The first kappa shape index (κ1) is 16.1. The van der Waals surface area contributed by atoms with Gasteiger partial charge >= 0.3 is 6.09 Å². The molecule has 0 saturated heterocycles. The highest BCUT2D eigenvalue weighted by molar-refractivity contribution is 6.33. The average Bonchev–Trinajstić information content (AvgIpc) is 3.27. The zero-order chi connectivity index (χ0) is 17.2. The number of benzene rings is 1. The largest absolute Gasteiger partial charge is 0.465 e. The molecule has 130 valence electrons. The number of nitrogens with zero attached hydrogens (tertiary/aromatic N) is 2. The van der Waals surface area contributed by atoms with Crippen LogP contribution in [-0.4, -0.2) is 41.3 Å². The molecule has 1 saturated carbocycles. The van der Waals surface area contributed by atoms with Gasteiger partial charge in [-0.15, -0.1) is 0 Å². The van der Waals surface area contributed by atoms with Gasteiger partial charge in [0.15, 0.2) is 0 Å². The zero-order valence-electron chi connectivity index (χ0n) is 14.6. The van der Waals surface area contributed by atoms with E-state index in [0.717, 1.165) is 11.4 Å². The van der Waals surface area contributed by atoms with Crippen molar-refractivity contribution >= 4 is 23.4 Å². The van der Waals surface area contributed by atoms with Crippen LogP contribution in [0.2, 0.25) is 5.02 Å². The van der Waals surface area contributed by atoms with Crippen LogP contribution in [0, 0.1) is 5.41 Å². The maximum absolute atomic E-state index is 11.7. The minimum absolute atomic E-state index is 0.0569. The second-order valence-electron chi connectivity index (χ2n) is 8.50. The number of hydrogen-bond acceptors (Lipinski definition) is 2. The van der Waals surface area contributed by atoms with Crippen LogP contribution in [0.3, 0.4) is 0 Å². The molecule has 1 aromatic carbocycles. The van der Waals surface area contributed by atoms with Crippen molar-refractivity contribution in [3.8, 4) is 0 Å². The number of rotatable bonds is 1. The van der Waals surface area contributed by atoms with Gasteiger partial charge in [-0.3, -0.25) is 0 Å². The van der Waals surface area contributed by atoms with Crippen molar-refractivity contribution in [2.24, 2.45) is 5.41 Å². The number of amides is 1. The highest BCUT2D eigenvalue weighted by atomic mass is 35.5. The molecular weight excluding hydrogens is 324 g/mol. The predicted molar refractivity (Wildman–Crippen MR) is 96.2 cm³/mol. The molecule has 0 bridgehead atoms. The standard InChI is InChI=1S/C19H25ClN2O2/c1-19(2,3)17-13-10-21(18(23)24)9-8-11-4-7-14(20)16(15(11)13)22(17)12-5-6-12/h4,7,12-13,17H,5-6,8-10H2,1-3H3,(H,23,24)/t13-,17?/m0/s1. The Labute approximate surface area is 148 Å². The van der Waals surface area contributed by atoms with Gasteiger partial charge in [0.05, 0.1) is 10.7 Å². The van der Waals surface area contributed by atoms with Gasteiger partial charge in [-0.25, -0.2) is 4.79 Å². The van der Waals surface area contributed by atoms with Crippen molar-refractivity contribution in [1.29, 1.82) is 0 Å². The molecule has 3 aliphatic rings. The summed E-state index contributed by atoms with van der Waals surface area (Å²) in [5.41, 5.74) is 3.84. The molecule has 5 heteroatoms. The lowest BCUT2D eigenvalue weighted by atomic mass is 9.77. The van der Waals surface area contributed by atoms with E-state index in [1.807, 2.05) is 6.07 Å². The fourth-order valence-corrected chi connectivity index (χ4v) is 5.00. The molecule has 1 aliphatic carbocycles. The van der Waals surface area contributed by atoms with Crippen molar-refractivity contribution < 1.29 is 9.90 Å². The molecule has 0 spiro atoms. The molecule has 1 fully saturated rings. The molecular formula is C19H25ClN2O2. The summed E-state index contributed by atoms with van der Waals surface area (Å²) >= 11 is 6.65. The summed E-state index contributed by atoms with van der Waals surface area (Å²) in [5, 5.41) is 10.4. The molecule has 1 aromatic rings. The Bertz CT molecular complexity index is 693. The number of hydrogen-bond donors (Lipinski definition) is 1. The van der Waals surface area contributed by atoms with Gasteiger partial charge in [-0.1, -0.05) is 38.4 Å². The van der Waals surface area contributed by atoms with Gasteiger partial charge in [-0.05, 0) is 41.9 Å². The van der Waals surface area contributed by atoms with Crippen LogP contribution >= 0.6 is 11.6 Å². The molecule has 2 atom stereocenters. The van der Waals surface area contributed by atoms with E-state index in [-0.39, 0.29) is 11.3 Å². The van der Waals surface area contributed by atoms with E-state index in [0.29, 0.717) is 25.2 Å². The van der Waals surface area contributed by atoms with Crippen LogP contribution in [0.1, 0.15) is 50.7 Å². The molecule has 2 aliphatic heterocycles. The molecule has 0 aromatic heterocycles. The van der Waals surface area contributed by atoms with E-state index >= 15 is 0 Å². The van der Waals surface area contributed by atoms with Crippen LogP contribution in [0.5, 0.6) is 0 Å².